The zero-order valence-corrected chi connectivity index (χ0v) is 28.2. The third-order valence-electron chi connectivity index (χ3n) is 7.14. The van der Waals surface area contributed by atoms with E-state index in [1.54, 1.807) is 60.7 Å². The van der Waals surface area contributed by atoms with Crippen molar-refractivity contribution in [2.75, 3.05) is 17.5 Å². The first kappa shape index (κ1) is 34.8. The fraction of sp³-hybridized carbons (Fsp3) is 0.257. The quantitative estimate of drug-likeness (QED) is 0.159. The Kier molecular flexibility index (Phi) is 12.1. The second kappa shape index (κ2) is 16.0. The highest BCUT2D eigenvalue weighted by atomic mass is 35.5. The molecule has 0 fully saturated rings. The minimum atomic E-state index is -4.23. The minimum absolute atomic E-state index is 0.00997. The average Bonchev–Trinajstić information content (AvgIpc) is 3.04. The maximum absolute atomic E-state index is 14.6. The molecule has 4 rings (SSSR count). The van der Waals surface area contributed by atoms with Crippen molar-refractivity contribution in [2.24, 2.45) is 0 Å². The number of rotatable bonds is 14. The van der Waals surface area contributed by atoms with Gasteiger partial charge in [0.2, 0.25) is 11.8 Å². The van der Waals surface area contributed by atoms with Gasteiger partial charge in [-0.2, -0.15) is 0 Å². The Labute approximate surface area is 280 Å². The molecule has 4 aromatic rings. The van der Waals surface area contributed by atoms with Crippen LogP contribution in [0, 0.1) is 0 Å². The van der Waals surface area contributed by atoms with Crippen LogP contribution in [0.15, 0.2) is 108 Å². The summed E-state index contributed by atoms with van der Waals surface area (Å²) < 4.78 is 34.8. The molecule has 0 spiro atoms. The second-order valence-corrected chi connectivity index (χ2v) is 13.5. The van der Waals surface area contributed by atoms with Gasteiger partial charge in [-0.25, -0.2) is 8.42 Å². The molecule has 1 N–H and O–H groups in total. The van der Waals surface area contributed by atoms with Crippen LogP contribution in [0.5, 0.6) is 5.75 Å². The molecular formula is C35H37Cl2N3O5S. The zero-order valence-electron chi connectivity index (χ0n) is 25.9. The molecule has 11 heteroatoms. The third kappa shape index (κ3) is 8.81. The van der Waals surface area contributed by atoms with Gasteiger partial charge in [-0.15, -0.1) is 0 Å². The molecule has 0 saturated carbocycles. The van der Waals surface area contributed by atoms with Crippen LogP contribution in [0.25, 0.3) is 0 Å². The molecule has 0 saturated heterocycles. The first-order valence-electron chi connectivity index (χ1n) is 14.9. The van der Waals surface area contributed by atoms with Gasteiger partial charge in [0.25, 0.3) is 10.0 Å². The van der Waals surface area contributed by atoms with Crippen LogP contribution in [0.4, 0.5) is 5.69 Å². The number of hydrogen-bond acceptors (Lipinski definition) is 5. The SMILES string of the molecule is CCOc1ccc(N(CC(=O)N(Cc2c(Cl)cccc2Cl)[C@H](Cc2ccccc2)C(=O)NC(C)C)S(=O)(=O)c2ccccc2)cc1. The summed E-state index contributed by atoms with van der Waals surface area (Å²) in [7, 11) is -4.23. The van der Waals surface area contributed by atoms with E-state index >= 15 is 0 Å². The fourth-order valence-electron chi connectivity index (χ4n) is 4.91. The summed E-state index contributed by atoms with van der Waals surface area (Å²) in [6.45, 7) is 5.20. The molecule has 0 aliphatic carbocycles. The second-order valence-electron chi connectivity index (χ2n) is 10.8. The maximum Gasteiger partial charge on any atom is 0.264 e. The summed E-state index contributed by atoms with van der Waals surface area (Å²) in [4.78, 5) is 29.7. The van der Waals surface area contributed by atoms with Crippen molar-refractivity contribution >= 4 is 50.7 Å². The molecule has 1 atom stereocenters. The molecule has 0 heterocycles. The van der Waals surface area contributed by atoms with Crippen molar-refractivity contribution in [1.82, 2.24) is 10.2 Å². The van der Waals surface area contributed by atoms with Crippen molar-refractivity contribution in [3.63, 3.8) is 0 Å². The summed E-state index contributed by atoms with van der Waals surface area (Å²) in [5, 5.41) is 3.55. The van der Waals surface area contributed by atoms with Gasteiger partial charge in [-0.1, -0.05) is 77.8 Å². The number of carbonyl (C=O) groups excluding carboxylic acids is 2. The lowest BCUT2D eigenvalue weighted by Crippen LogP contribution is -2.54. The van der Waals surface area contributed by atoms with E-state index in [1.807, 2.05) is 51.1 Å². The molecule has 8 nitrogen and oxygen atoms in total. The summed E-state index contributed by atoms with van der Waals surface area (Å²) in [6.07, 6.45) is 0.168. The van der Waals surface area contributed by atoms with Crippen molar-refractivity contribution in [3.05, 3.63) is 124 Å². The van der Waals surface area contributed by atoms with Gasteiger partial charge in [0.15, 0.2) is 0 Å². The molecule has 242 valence electrons. The highest BCUT2D eigenvalue weighted by Crippen LogP contribution is 2.29. The Bertz CT molecular complexity index is 1700. The normalized spacial score (nSPS) is 12.0. The van der Waals surface area contributed by atoms with Crippen molar-refractivity contribution in [3.8, 4) is 5.75 Å². The van der Waals surface area contributed by atoms with Gasteiger partial charge >= 0.3 is 0 Å². The number of halogens is 2. The standard InChI is InChI=1S/C35H37Cl2N3O5S/c1-4-45-28-20-18-27(19-21-28)40(46(43,44)29-14-9-6-10-15-29)24-34(41)39(23-30-31(36)16-11-17-32(30)37)33(35(42)38-25(2)3)22-26-12-7-5-8-13-26/h5-21,25,33H,4,22-24H2,1-3H3,(H,38,42)/t33-/m1/s1. The van der Waals surface area contributed by atoms with Crippen LogP contribution in [0.1, 0.15) is 31.9 Å². The molecule has 0 unspecified atom stereocenters. The zero-order chi connectivity index (χ0) is 33.3. The number of nitrogens with one attached hydrogen (secondary N) is 1. The summed E-state index contributed by atoms with van der Waals surface area (Å²) >= 11 is 13.1. The number of ether oxygens (including phenoxy) is 1. The summed E-state index contributed by atoms with van der Waals surface area (Å²) in [6, 6.07) is 27.4. The van der Waals surface area contributed by atoms with Gasteiger partial charge < -0.3 is 15.0 Å². The Morgan fingerprint density at radius 1 is 0.826 bits per heavy atom. The van der Waals surface area contributed by atoms with Gasteiger partial charge in [0.1, 0.15) is 18.3 Å². The van der Waals surface area contributed by atoms with E-state index in [4.69, 9.17) is 27.9 Å². The Balaban J connectivity index is 1.83. The van der Waals surface area contributed by atoms with Gasteiger partial charge in [0.05, 0.1) is 17.2 Å². The number of sulfonamides is 1. The molecular weight excluding hydrogens is 645 g/mol. The molecule has 0 aromatic heterocycles. The number of anilines is 1. The molecule has 0 aliphatic rings. The van der Waals surface area contributed by atoms with E-state index in [1.165, 1.54) is 17.0 Å². The lowest BCUT2D eigenvalue weighted by Gasteiger charge is -2.34. The van der Waals surface area contributed by atoms with Gasteiger partial charge in [-0.3, -0.25) is 13.9 Å². The number of hydrogen-bond donors (Lipinski definition) is 1. The number of nitrogens with zero attached hydrogens (tertiary/aromatic N) is 2. The van der Waals surface area contributed by atoms with Crippen molar-refractivity contribution in [1.29, 1.82) is 0 Å². The summed E-state index contributed by atoms with van der Waals surface area (Å²) in [5.74, 6) is -0.462. The predicted octanol–water partition coefficient (Wildman–Crippen LogP) is 6.75. The topological polar surface area (TPSA) is 96.0 Å². The molecule has 0 bridgehead atoms. The number of amides is 2. The van der Waals surface area contributed by atoms with Crippen LogP contribution in [-0.2, 0) is 32.6 Å². The first-order chi connectivity index (χ1) is 22.0. The minimum Gasteiger partial charge on any atom is -0.494 e. The fourth-order valence-corrected chi connectivity index (χ4v) is 6.86. The lowest BCUT2D eigenvalue weighted by atomic mass is 10.0. The van der Waals surface area contributed by atoms with E-state index in [-0.39, 0.29) is 29.6 Å². The van der Waals surface area contributed by atoms with E-state index < -0.39 is 34.4 Å². The van der Waals surface area contributed by atoms with Crippen LogP contribution in [0.2, 0.25) is 10.0 Å². The summed E-state index contributed by atoms with van der Waals surface area (Å²) in [5.41, 5.74) is 1.51. The number of benzene rings is 4. The van der Waals surface area contributed by atoms with Crippen molar-refractivity contribution in [2.45, 2.75) is 50.7 Å². The molecule has 4 aromatic carbocycles. The van der Waals surface area contributed by atoms with Gasteiger partial charge in [0, 0.05) is 34.6 Å². The van der Waals surface area contributed by atoms with Crippen LogP contribution >= 0.6 is 23.2 Å². The van der Waals surface area contributed by atoms with E-state index in [9.17, 15) is 18.0 Å². The maximum atomic E-state index is 14.6. The average molecular weight is 683 g/mol. The van der Waals surface area contributed by atoms with E-state index in [0.29, 0.717) is 28.0 Å². The molecule has 46 heavy (non-hydrogen) atoms. The van der Waals surface area contributed by atoms with Crippen molar-refractivity contribution < 1.29 is 22.7 Å². The van der Waals surface area contributed by atoms with Crippen LogP contribution in [-0.4, -0.2) is 50.4 Å². The largest absolute Gasteiger partial charge is 0.494 e. The van der Waals surface area contributed by atoms with Crippen LogP contribution in [0.3, 0.4) is 0 Å². The first-order valence-corrected chi connectivity index (χ1v) is 17.1. The van der Waals surface area contributed by atoms with Gasteiger partial charge in [-0.05, 0) is 74.9 Å². The third-order valence-corrected chi connectivity index (χ3v) is 9.63. The predicted molar refractivity (Wildman–Crippen MR) is 183 cm³/mol. The number of carbonyl (C=O) groups is 2. The van der Waals surface area contributed by atoms with E-state index in [2.05, 4.69) is 5.32 Å². The van der Waals surface area contributed by atoms with Crippen LogP contribution < -0.4 is 14.4 Å². The molecule has 0 aliphatic heterocycles. The monoisotopic (exact) mass is 681 g/mol. The Morgan fingerprint density at radius 3 is 1.98 bits per heavy atom. The Hall–Kier alpha value is -4.05. The Morgan fingerprint density at radius 2 is 1.41 bits per heavy atom. The lowest BCUT2D eigenvalue weighted by molar-refractivity contribution is -0.140. The van der Waals surface area contributed by atoms with E-state index in [0.717, 1.165) is 9.87 Å². The highest BCUT2D eigenvalue weighted by molar-refractivity contribution is 7.92. The molecule has 0 radical (unpaired) electrons. The smallest absolute Gasteiger partial charge is 0.264 e. The molecule has 2 amide bonds. The highest BCUT2D eigenvalue weighted by Gasteiger charge is 2.35.